The minimum Gasteiger partial charge on any atom is -0.399 e. The van der Waals surface area contributed by atoms with Crippen LogP contribution in [0.5, 0.6) is 0 Å². The van der Waals surface area contributed by atoms with Crippen LogP contribution in [0.2, 0.25) is 0 Å². The molecule has 18 heavy (non-hydrogen) atoms. The molecule has 0 aliphatic carbocycles. The van der Waals surface area contributed by atoms with E-state index in [1.807, 2.05) is 13.0 Å². The third-order valence-electron chi connectivity index (χ3n) is 3.09. The van der Waals surface area contributed by atoms with Gasteiger partial charge in [-0.1, -0.05) is 42.5 Å². The van der Waals surface area contributed by atoms with Crippen molar-refractivity contribution in [3.05, 3.63) is 65.2 Å². The number of anilines is 1. The van der Waals surface area contributed by atoms with E-state index in [2.05, 4.69) is 54.4 Å². The summed E-state index contributed by atoms with van der Waals surface area (Å²) in [4.78, 5) is 2.29. The maximum atomic E-state index is 5.93. The Morgan fingerprint density at radius 3 is 2.28 bits per heavy atom. The largest absolute Gasteiger partial charge is 0.399 e. The van der Waals surface area contributed by atoms with Gasteiger partial charge in [0.1, 0.15) is 0 Å². The van der Waals surface area contributed by atoms with Crippen LogP contribution in [0.3, 0.4) is 0 Å². The summed E-state index contributed by atoms with van der Waals surface area (Å²) in [6, 6.07) is 16.8. The summed E-state index contributed by atoms with van der Waals surface area (Å²) in [6.07, 6.45) is 0. The van der Waals surface area contributed by atoms with E-state index in [0.29, 0.717) is 0 Å². The fourth-order valence-corrected chi connectivity index (χ4v) is 2.05. The Morgan fingerprint density at radius 1 is 0.944 bits per heavy atom. The molecule has 0 saturated carbocycles. The second kappa shape index (κ2) is 5.69. The van der Waals surface area contributed by atoms with Crippen molar-refractivity contribution in [3.8, 4) is 0 Å². The van der Waals surface area contributed by atoms with Gasteiger partial charge in [0.2, 0.25) is 0 Å². The molecule has 0 heterocycles. The zero-order valence-corrected chi connectivity index (χ0v) is 11.1. The zero-order chi connectivity index (χ0) is 13.0. The smallest absolute Gasteiger partial charge is 0.0346 e. The summed E-state index contributed by atoms with van der Waals surface area (Å²) in [7, 11) is 2.13. The topological polar surface area (TPSA) is 29.3 Å². The Hall–Kier alpha value is -1.80. The maximum absolute atomic E-state index is 5.93. The summed E-state index contributed by atoms with van der Waals surface area (Å²) in [6.45, 7) is 3.90. The standard InChI is InChI=1S/C16H20N2/c1-13-8-9-15(10-16(13)17)12-18(2)11-14-6-4-3-5-7-14/h3-10H,11-12,17H2,1-2H3. The predicted octanol–water partition coefficient (Wildman–Crippen LogP) is 3.21. The monoisotopic (exact) mass is 240 g/mol. The van der Waals surface area contributed by atoms with Crippen LogP contribution in [0, 0.1) is 6.92 Å². The van der Waals surface area contributed by atoms with Gasteiger partial charge >= 0.3 is 0 Å². The number of nitrogen functional groups attached to an aromatic ring is 1. The van der Waals surface area contributed by atoms with Crippen molar-refractivity contribution in [3.63, 3.8) is 0 Å². The Labute approximate surface area is 109 Å². The van der Waals surface area contributed by atoms with E-state index >= 15 is 0 Å². The molecule has 0 bridgehead atoms. The molecule has 0 aliphatic heterocycles. The molecule has 0 aromatic heterocycles. The minimum atomic E-state index is 0.876. The zero-order valence-electron chi connectivity index (χ0n) is 11.1. The molecule has 0 unspecified atom stereocenters. The van der Waals surface area contributed by atoms with Gasteiger partial charge in [0.25, 0.3) is 0 Å². The van der Waals surface area contributed by atoms with E-state index in [0.717, 1.165) is 24.3 Å². The predicted molar refractivity (Wildman–Crippen MR) is 77.2 cm³/mol. The average Bonchev–Trinajstić information content (AvgIpc) is 2.35. The lowest BCUT2D eigenvalue weighted by molar-refractivity contribution is 0.319. The quantitative estimate of drug-likeness (QED) is 0.831. The highest BCUT2D eigenvalue weighted by molar-refractivity contribution is 5.48. The number of nitrogens with zero attached hydrogens (tertiary/aromatic N) is 1. The Kier molecular flexibility index (Phi) is 4.00. The summed E-state index contributed by atoms with van der Waals surface area (Å²) in [5.41, 5.74) is 10.5. The van der Waals surface area contributed by atoms with Crippen molar-refractivity contribution in [2.24, 2.45) is 0 Å². The van der Waals surface area contributed by atoms with Crippen LogP contribution in [0.25, 0.3) is 0 Å². The first-order valence-electron chi connectivity index (χ1n) is 6.22. The molecule has 0 amide bonds. The molecule has 2 N–H and O–H groups in total. The molecular formula is C16H20N2. The van der Waals surface area contributed by atoms with Crippen LogP contribution in [-0.4, -0.2) is 11.9 Å². The number of nitrogens with two attached hydrogens (primary N) is 1. The summed E-state index contributed by atoms with van der Waals surface area (Å²) < 4.78 is 0. The van der Waals surface area contributed by atoms with Gasteiger partial charge < -0.3 is 5.73 Å². The second-order valence-electron chi connectivity index (χ2n) is 4.85. The van der Waals surface area contributed by atoms with Gasteiger partial charge in [0, 0.05) is 18.8 Å². The Bertz CT molecular complexity index is 506. The summed E-state index contributed by atoms with van der Waals surface area (Å²) >= 11 is 0. The molecule has 2 heteroatoms. The first-order valence-corrected chi connectivity index (χ1v) is 6.22. The summed E-state index contributed by atoms with van der Waals surface area (Å²) in [5, 5.41) is 0. The molecule has 0 fully saturated rings. The van der Waals surface area contributed by atoms with Gasteiger partial charge in [-0.25, -0.2) is 0 Å². The lowest BCUT2D eigenvalue weighted by Crippen LogP contribution is -2.17. The SMILES string of the molecule is Cc1ccc(CN(C)Cc2ccccc2)cc1N. The van der Waals surface area contributed by atoms with Crippen molar-refractivity contribution in [1.82, 2.24) is 4.90 Å². The molecule has 0 atom stereocenters. The molecular weight excluding hydrogens is 220 g/mol. The van der Waals surface area contributed by atoms with Crippen LogP contribution >= 0.6 is 0 Å². The summed E-state index contributed by atoms with van der Waals surface area (Å²) in [5.74, 6) is 0. The normalized spacial score (nSPS) is 10.8. The first-order chi connectivity index (χ1) is 8.65. The van der Waals surface area contributed by atoms with Gasteiger partial charge in [-0.3, -0.25) is 4.90 Å². The number of hydrogen-bond acceptors (Lipinski definition) is 2. The van der Waals surface area contributed by atoms with Gasteiger partial charge in [-0.05, 0) is 36.7 Å². The molecule has 94 valence electrons. The van der Waals surface area contributed by atoms with Gasteiger partial charge in [-0.15, -0.1) is 0 Å². The van der Waals surface area contributed by atoms with Crippen molar-refractivity contribution < 1.29 is 0 Å². The van der Waals surface area contributed by atoms with Crippen molar-refractivity contribution in [2.45, 2.75) is 20.0 Å². The fourth-order valence-electron chi connectivity index (χ4n) is 2.05. The van der Waals surface area contributed by atoms with Gasteiger partial charge in [0.05, 0.1) is 0 Å². The van der Waals surface area contributed by atoms with E-state index < -0.39 is 0 Å². The average molecular weight is 240 g/mol. The van der Waals surface area contributed by atoms with E-state index in [9.17, 15) is 0 Å². The van der Waals surface area contributed by atoms with Crippen LogP contribution in [0.15, 0.2) is 48.5 Å². The number of aryl methyl sites for hydroxylation is 1. The van der Waals surface area contributed by atoms with Crippen LogP contribution in [0.4, 0.5) is 5.69 Å². The molecule has 2 aromatic rings. The van der Waals surface area contributed by atoms with E-state index in [4.69, 9.17) is 5.73 Å². The minimum absolute atomic E-state index is 0.876. The van der Waals surface area contributed by atoms with Crippen LogP contribution in [-0.2, 0) is 13.1 Å². The second-order valence-corrected chi connectivity index (χ2v) is 4.85. The first kappa shape index (κ1) is 12.7. The van der Waals surface area contributed by atoms with E-state index in [1.165, 1.54) is 11.1 Å². The molecule has 2 aromatic carbocycles. The highest BCUT2D eigenvalue weighted by Crippen LogP contribution is 2.15. The molecule has 0 spiro atoms. The highest BCUT2D eigenvalue weighted by Gasteiger charge is 2.03. The Balaban J connectivity index is 1.99. The molecule has 0 saturated heterocycles. The fraction of sp³-hybridized carbons (Fsp3) is 0.250. The lowest BCUT2D eigenvalue weighted by Gasteiger charge is -2.17. The van der Waals surface area contributed by atoms with Crippen LogP contribution in [0.1, 0.15) is 16.7 Å². The molecule has 2 nitrogen and oxygen atoms in total. The van der Waals surface area contributed by atoms with E-state index in [-0.39, 0.29) is 0 Å². The molecule has 0 aliphatic rings. The van der Waals surface area contributed by atoms with Crippen LogP contribution < -0.4 is 5.73 Å². The third-order valence-corrected chi connectivity index (χ3v) is 3.09. The maximum Gasteiger partial charge on any atom is 0.0346 e. The highest BCUT2D eigenvalue weighted by atomic mass is 15.1. The van der Waals surface area contributed by atoms with Crippen molar-refractivity contribution in [1.29, 1.82) is 0 Å². The Morgan fingerprint density at radius 2 is 1.61 bits per heavy atom. The third kappa shape index (κ3) is 3.34. The van der Waals surface area contributed by atoms with Crippen molar-refractivity contribution in [2.75, 3.05) is 12.8 Å². The van der Waals surface area contributed by atoms with Gasteiger partial charge in [0.15, 0.2) is 0 Å². The van der Waals surface area contributed by atoms with E-state index in [1.54, 1.807) is 0 Å². The molecule has 2 rings (SSSR count). The number of rotatable bonds is 4. The molecule has 0 radical (unpaired) electrons. The number of benzene rings is 2. The van der Waals surface area contributed by atoms with Crippen molar-refractivity contribution >= 4 is 5.69 Å². The number of hydrogen-bond donors (Lipinski definition) is 1. The van der Waals surface area contributed by atoms with Gasteiger partial charge in [-0.2, -0.15) is 0 Å². The lowest BCUT2D eigenvalue weighted by atomic mass is 10.1.